The van der Waals surface area contributed by atoms with E-state index in [2.05, 4.69) is 5.32 Å². The molecule has 5 heteroatoms. The fourth-order valence-corrected chi connectivity index (χ4v) is 2.34. The highest BCUT2D eigenvalue weighted by Gasteiger charge is 2.34. The van der Waals surface area contributed by atoms with Gasteiger partial charge in [0, 0.05) is 12.1 Å². The van der Waals surface area contributed by atoms with Crippen LogP contribution in [0.5, 0.6) is 0 Å². The largest absolute Gasteiger partial charge is 0.416 e. The van der Waals surface area contributed by atoms with Gasteiger partial charge >= 0.3 is 6.18 Å². The van der Waals surface area contributed by atoms with Crippen LogP contribution in [0.25, 0.3) is 0 Å². The third-order valence-corrected chi connectivity index (χ3v) is 3.19. The number of benzene rings is 1. The normalized spacial score (nSPS) is 15.4. The molecule has 2 nitrogen and oxygen atoms in total. The van der Waals surface area contributed by atoms with Gasteiger partial charge in [-0.2, -0.15) is 13.2 Å². The zero-order chi connectivity index (χ0) is 15.3. The summed E-state index contributed by atoms with van der Waals surface area (Å²) in [5, 5.41) is 12.4. The molecule has 0 bridgehead atoms. The molecular weight excluding hydrogens is 267 g/mol. The zero-order valence-corrected chi connectivity index (χ0v) is 12.0. The van der Waals surface area contributed by atoms with Crippen LogP contribution in [0.3, 0.4) is 0 Å². The highest BCUT2D eigenvalue weighted by atomic mass is 19.4. The van der Waals surface area contributed by atoms with Crippen molar-refractivity contribution in [2.24, 2.45) is 5.92 Å². The van der Waals surface area contributed by atoms with E-state index in [9.17, 15) is 18.3 Å². The smallest absolute Gasteiger partial charge is 0.395 e. The maximum atomic E-state index is 13.0. The first-order valence-corrected chi connectivity index (χ1v) is 6.78. The summed E-state index contributed by atoms with van der Waals surface area (Å²) < 4.78 is 38.9. The van der Waals surface area contributed by atoms with E-state index in [1.54, 1.807) is 13.0 Å². The summed E-state index contributed by atoms with van der Waals surface area (Å²) in [6.07, 6.45) is -3.64. The molecule has 0 amide bonds. The molecule has 0 fully saturated rings. The topological polar surface area (TPSA) is 32.3 Å². The first-order valence-electron chi connectivity index (χ1n) is 6.78. The van der Waals surface area contributed by atoms with Crippen LogP contribution in [0.2, 0.25) is 0 Å². The molecular formula is C15H22F3NO. The van der Waals surface area contributed by atoms with Crippen LogP contribution in [0.1, 0.15) is 44.4 Å². The molecule has 0 radical (unpaired) electrons. The second-order valence-corrected chi connectivity index (χ2v) is 5.48. The molecule has 114 valence electrons. The number of halogens is 3. The molecule has 0 spiro atoms. The standard InChI is InChI=1S/C15H22F3NO/c1-10(2)8-12(9-20)19-11(3)13-6-4-5-7-14(13)15(16,17)18/h4-7,10-12,19-20H,8-9H2,1-3H3. The number of alkyl halides is 3. The van der Waals surface area contributed by atoms with Gasteiger partial charge in [-0.25, -0.2) is 0 Å². The van der Waals surface area contributed by atoms with Crippen molar-refractivity contribution in [1.29, 1.82) is 0 Å². The summed E-state index contributed by atoms with van der Waals surface area (Å²) in [7, 11) is 0. The summed E-state index contributed by atoms with van der Waals surface area (Å²) in [4.78, 5) is 0. The number of rotatable bonds is 6. The molecule has 20 heavy (non-hydrogen) atoms. The highest BCUT2D eigenvalue weighted by molar-refractivity contribution is 5.32. The average Bonchev–Trinajstić information content (AvgIpc) is 2.36. The molecule has 0 heterocycles. The molecule has 0 aromatic heterocycles. The van der Waals surface area contributed by atoms with Crippen molar-refractivity contribution in [3.05, 3.63) is 35.4 Å². The summed E-state index contributed by atoms with van der Waals surface area (Å²) in [5.41, 5.74) is -0.413. The molecule has 0 aliphatic heterocycles. The number of aliphatic hydroxyl groups excluding tert-OH is 1. The molecule has 2 N–H and O–H groups in total. The van der Waals surface area contributed by atoms with E-state index in [1.807, 2.05) is 13.8 Å². The van der Waals surface area contributed by atoms with E-state index in [0.717, 1.165) is 12.5 Å². The minimum atomic E-state index is -4.36. The van der Waals surface area contributed by atoms with Crippen molar-refractivity contribution in [2.75, 3.05) is 6.61 Å². The van der Waals surface area contributed by atoms with Gasteiger partial charge in [-0.05, 0) is 30.9 Å². The number of aliphatic hydroxyl groups is 1. The first kappa shape index (κ1) is 17.0. The van der Waals surface area contributed by atoms with Gasteiger partial charge in [0.05, 0.1) is 12.2 Å². The Morgan fingerprint density at radius 2 is 1.75 bits per heavy atom. The van der Waals surface area contributed by atoms with Crippen molar-refractivity contribution < 1.29 is 18.3 Å². The Labute approximate surface area is 118 Å². The van der Waals surface area contributed by atoms with E-state index in [0.29, 0.717) is 5.92 Å². The van der Waals surface area contributed by atoms with Crippen LogP contribution in [0, 0.1) is 5.92 Å². The van der Waals surface area contributed by atoms with Gasteiger partial charge in [0.25, 0.3) is 0 Å². The van der Waals surface area contributed by atoms with Gasteiger partial charge in [-0.15, -0.1) is 0 Å². The molecule has 0 aliphatic rings. The monoisotopic (exact) mass is 289 g/mol. The predicted octanol–water partition coefficient (Wildman–Crippen LogP) is 3.76. The van der Waals surface area contributed by atoms with Crippen LogP contribution in [-0.2, 0) is 6.18 Å². The minimum absolute atomic E-state index is 0.0866. The van der Waals surface area contributed by atoms with Crippen LogP contribution in [-0.4, -0.2) is 17.8 Å². The first-order chi connectivity index (χ1) is 9.25. The lowest BCUT2D eigenvalue weighted by atomic mass is 9.98. The van der Waals surface area contributed by atoms with Crippen molar-refractivity contribution in [3.8, 4) is 0 Å². The second-order valence-electron chi connectivity index (χ2n) is 5.48. The lowest BCUT2D eigenvalue weighted by Gasteiger charge is -2.25. The average molecular weight is 289 g/mol. The maximum absolute atomic E-state index is 13.0. The lowest BCUT2D eigenvalue weighted by Crippen LogP contribution is -2.36. The van der Waals surface area contributed by atoms with E-state index in [1.165, 1.54) is 12.1 Å². The molecule has 1 rings (SSSR count). The van der Waals surface area contributed by atoms with E-state index < -0.39 is 17.8 Å². The summed E-state index contributed by atoms with van der Waals surface area (Å²) in [6, 6.07) is 4.87. The summed E-state index contributed by atoms with van der Waals surface area (Å²) in [6.45, 7) is 5.63. The molecule has 0 saturated heterocycles. The Hall–Kier alpha value is -1.07. The Bertz CT molecular complexity index is 418. The van der Waals surface area contributed by atoms with Gasteiger partial charge in [0.15, 0.2) is 0 Å². The van der Waals surface area contributed by atoms with E-state index >= 15 is 0 Å². The minimum Gasteiger partial charge on any atom is -0.395 e. The van der Waals surface area contributed by atoms with Gasteiger partial charge in [0.1, 0.15) is 0 Å². The molecule has 1 aromatic carbocycles. The lowest BCUT2D eigenvalue weighted by molar-refractivity contribution is -0.138. The molecule has 2 unspecified atom stereocenters. The van der Waals surface area contributed by atoms with Crippen LogP contribution < -0.4 is 5.32 Å². The van der Waals surface area contributed by atoms with Gasteiger partial charge in [0.2, 0.25) is 0 Å². The van der Waals surface area contributed by atoms with Crippen molar-refractivity contribution in [1.82, 2.24) is 5.32 Å². The fourth-order valence-electron chi connectivity index (χ4n) is 2.34. The predicted molar refractivity (Wildman–Crippen MR) is 73.3 cm³/mol. The maximum Gasteiger partial charge on any atom is 0.416 e. The van der Waals surface area contributed by atoms with Crippen LogP contribution >= 0.6 is 0 Å². The fraction of sp³-hybridized carbons (Fsp3) is 0.600. The zero-order valence-electron chi connectivity index (χ0n) is 12.0. The van der Waals surface area contributed by atoms with Crippen molar-refractivity contribution >= 4 is 0 Å². The molecule has 0 aliphatic carbocycles. The second kappa shape index (κ2) is 7.09. The Balaban J connectivity index is 2.89. The number of hydrogen-bond acceptors (Lipinski definition) is 2. The van der Waals surface area contributed by atoms with Crippen molar-refractivity contribution in [2.45, 2.75) is 45.5 Å². The Morgan fingerprint density at radius 3 is 2.25 bits per heavy atom. The summed E-state index contributed by atoms with van der Waals surface area (Å²) >= 11 is 0. The van der Waals surface area contributed by atoms with E-state index in [4.69, 9.17) is 0 Å². The third-order valence-electron chi connectivity index (χ3n) is 3.19. The Kier molecular flexibility index (Phi) is 6.02. The van der Waals surface area contributed by atoms with Crippen LogP contribution in [0.4, 0.5) is 13.2 Å². The van der Waals surface area contributed by atoms with Gasteiger partial charge < -0.3 is 10.4 Å². The summed E-state index contributed by atoms with van der Waals surface area (Å²) in [5.74, 6) is 0.365. The van der Waals surface area contributed by atoms with Crippen LogP contribution in [0.15, 0.2) is 24.3 Å². The van der Waals surface area contributed by atoms with Gasteiger partial charge in [-0.3, -0.25) is 0 Å². The Morgan fingerprint density at radius 1 is 1.15 bits per heavy atom. The number of nitrogens with one attached hydrogen (secondary N) is 1. The number of hydrogen-bond donors (Lipinski definition) is 2. The molecule has 2 atom stereocenters. The molecule has 0 saturated carbocycles. The van der Waals surface area contributed by atoms with Crippen molar-refractivity contribution in [3.63, 3.8) is 0 Å². The third kappa shape index (κ3) is 4.80. The SMILES string of the molecule is CC(C)CC(CO)NC(C)c1ccccc1C(F)(F)F. The van der Waals surface area contributed by atoms with E-state index in [-0.39, 0.29) is 18.2 Å². The molecule has 1 aromatic rings. The van der Waals surface area contributed by atoms with Gasteiger partial charge in [-0.1, -0.05) is 32.0 Å². The quantitative estimate of drug-likeness (QED) is 0.835. The highest BCUT2D eigenvalue weighted by Crippen LogP contribution is 2.34.